The zero-order chi connectivity index (χ0) is 15.3. The van der Waals surface area contributed by atoms with Gasteiger partial charge in [-0.2, -0.15) is 0 Å². The van der Waals surface area contributed by atoms with Crippen molar-refractivity contribution < 1.29 is 14.6 Å². The summed E-state index contributed by atoms with van der Waals surface area (Å²) >= 11 is 0. The van der Waals surface area contributed by atoms with Crippen LogP contribution in [0.15, 0.2) is 11.6 Å². The van der Waals surface area contributed by atoms with Crippen molar-refractivity contribution in [1.82, 2.24) is 0 Å². The Hall–Kier alpha value is -0.380. The molecule has 0 bridgehead atoms. The van der Waals surface area contributed by atoms with Crippen LogP contribution in [-0.2, 0) is 9.47 Å². The molecule has 3 nitrogen and oxygen atoms in total. The molecule has 2 atom stereocenters. The molecule has 1 aliphatic rings. The van der Waals surface area contributed by atoms with E-state index in [0.29, 0.717) is 6.61 Å². The van der Waals surface area contributed by atoms with E-state index >= 15 is 0 Å². The summed E-state index contributed by atoms with van der Waals surface area (Å²) < 4.78 is 11.5. The maximum Gasteiger partial charge on any atom is 0.158 e. The Morgan fingerprint density at radius 2 is 2.05 bits per heavy atom. The topological polar surface area (TPSA) is 38.7 Å². The van der Waals surface area contributed by atoms with Gasteiger partial charge in [0.2, 0.25) is 0 Å². The first-order valence-corrected chi connectivity index (χ1v) is 8.88. The van der Waals surface area contributed by atoms with Crippen molar-refractivity contribution >= 4 is 0 Å². The number of hydrogen-bond donors (Lipinski definition) is 1. The second-order valence-electron chi connectivity index (χ2n) is 6.04. The molecular weight excluding hydrogens is 264 g/mol. The average Bonchev–Trinajstić information content (AvgIpc) is 2.52. The van der Waals surface area contributed by atoms with Crippen molar-refractivity contribution in [3.05, 3.63) is 11.6 Å². The third-order valence-corrected chi connectivity index (χ3v) is 4.05. The van der Waals surface area contributed by atoms with Gasteiger partial charge in [-0.15, -0.1) is 0 Å². The van der Waals surface area contributed by atoms with Crippen LogP contribution < -0.4 is 0 Å². The Bertz CT molecular complexity index is 270. The van der Waals surface area contributed by atoms with Crippen LogP contribution in [0.3, 0.4) is 0 Å². The van der Waals surface area contributed by atoms with Gasteiger partial charge in [0, 0.05) is 6.61 Å². The van der Waals surface area contributed by atoms with Gasteiger partial charge in [0.1, 0.15) is 0 Å². The fourth-order valence-electron chi connectivity index (χ4n) is 2.59. The summed E-state index contributed by atoms with van der Waals surface area (Å²) in [4.78, 5) is 0. The molecule has 0 aromatic carbocycles. The predicted molar refractivity (Wildman–Crippen MR) is 87.3 cm³/mol. The lowest BCUT2D eigenvalue weighted by Crippen LogP contribution is -2.25. The van der Waals surface area contributed by atoms with Crippen molar-refractivity contribution in [2.24, 2.45) is 0 Å². The van der Waals surface area contributed by atoms with Crippen LogP contribution in [0.4, 0.5) is 0 Å². The third-order valence-electron chi connectivity index (χ3n) is 4.05. The Morgan fingerprint density at radius 1 is 1.24 bits per heavy atom. The van der Waals surface area contributed by atoms with E-state index in [2.05, 4.69) is 19.9 Å². The fourth-order valence-corrected chi connectivity index (χ4v) is 2.59. The molecule has 3 heteroatoms. The van der Waals surface area contributed by atoms with Gasteiger partial charge < -0.3 is 14.6 Å². The molecule has 2 unspecified atom stereocenters. The highest BCUT2D eigenvalue weighted by molar-refractivity contribution is 5.08. The lowest BCUT2D eigenvalue weighted by Gasteiger charge is -2.24. The first-order valence-electron chi connectivity index (χ1n) is 8.88. The van der Waals surface area contributed by atoms with Gasteiger partial charge in [0.25, 0.3) is 0 Å². The van der Waals surface area contributed by atoms with Crippen LogP contribution >= 0.6 is 0 Å². The van der Waals surface area contributed by atoms with Gasteiger partial charge in [-0.1, -0.05) is 52.0 Å². The molecule has 1 heterocycles. The van der Waals surface area contributed by atoms with E-state index < -0.39 is 0 Å². The zero-order valence-corrected chi connectivity index (χ0v) is 14.0. The normalized spacial score (nSPS) is 21.5. The molecule has 1 rings (SSSR count). The molecule has 21 heavy (non-hydrogen) atoms. The predicted octanol–water partition coefficient (Wildman–Crippen LogP) is 4.59. The largest absolute Gasteiger partial charge is 0.389 e. The number of hydrogen-bond acceptors (Lipinski definition) is 3. The summed E-state index contributed by atoms with van der Waals surface area (Å²) in [5.41, 5.74) is 1.05. The lowest BCUT2D eigenvalue weighted by atomic mass is 10.0. The number of aliphatic hydroxyl groups excluding tert-OH is 1. The second-order valence-corrected chi connectivity index (χ2v) is 6.04. The van der Waals surface area contributed by atoms with Crippen LogP contribution in [-0.4, -0.2) is 30.7 Å². The summed E-state index contributed by atoms with van der Waals surface area (Å²) in [7, 11) is 0. The number of rotatable bonds is 11. The van der Waals surface area contributed by atoms with Crippen molar-refractivity contribution in [3.8, 4) is 0 Å². The minimum absolute atomic E-state index is 0.0730. The number of aliphatic hydroxyl groups is 1. The number of unbranched alkanes of at least 4 members (excludes halogenated alkanes) is 4. The standard InChI is InChI=1S/C18H34O3/c1-3-5-7-11-16(17(19)12-8-6-4-2)15-21-18-13-9-10-14-20-18/h11,17-19H,3-10,12-15H2,1-2H3/b16-11+. The number of allylic oxidation sites excluding steroid dienone is 1. The molecular formula is C18H34O3. The molecule has 0 aromatic rings. The van der Waals surface area contributed by atoms with E-state index in [9.17, 15) is 5.11 Å². The van der Waals surface area contributed by atoms with Gasteiger partial charge in [-0.05, 0) is 37.7 Å². The van der Waals surface area contributed by atoms with Crippen LogP contribution in [0.5, 0.6) is 0 Å². The molecule has 1 fully saturated rings. The van der Waals surface area contributed by atoms with Gasteiger partial charge in [0.05, 0.1) is 12.7 Å². The second kappa shape index (κ2) is 12.2. The van der Waals surface area contributed by atoms with E-state index in [1.54, 1.807) is 0 Å². The van der Waals surface area contributed by atoms with Crippen LogP contribution in [0.1, 0.15) is 78.1 Å². The van der Waals surface area contributed by atoms with E-state index in [1.807, 2.05) is 0 Å². The third kappa shape index (κ3) is 8.60. The molecule has 0 aromatic heterocycles. The maximum absolute atomic E-state index is 10.4. The molecule has 0 spiro atoms. The minimum Gasteiger partial charge on any atom is -0.389 e. The molecule has 1 aliphatic heterocycles. The van der Waals surface area contributed by atoms with Gasteiger partial charge in [-0.3, -0.25) is 0 Å². The van der Waals surface area contributed by atoms with Crippen LogP contribution in [0.2, 0.25) is 0 Å². The monoisotopic (exact) mass is 298 g/mol. The molecule has 0 radical (unpaired) electrons. The first kappa shape index (κ1) is 18.7. The van der Waals surface area contributed by atoms with E-state index in [0.717, 1.165) is 44.3 Å². The molecule has 0 amide bonds. The highest BCUT2D eigenvalue weighted by Crippen LogP contribution is 2.18. The molecule has 0 saturated carbocycles. The maximum atomic E-state index is 10.4. The molecule has 1 saturated heterocycles. The highest BCUT2D eigenvalue weighted by atomic mass is 16.7. The first-order chi connectivity index (χ1) is 10.3. The van der Waals surface area contributed by atoms with E-state index in [4.69, 9.17) is 9.47 Å². The van der Waals surface area contributed by atoms with Gasteiger partial charge >= 0.3 is 0 Å². The summed E-state index contributed by atoms with van der Waals surface area (Å²) in [6.07, 6.45) is 12.8. The van der Waals surface area contributed by atoms with Gasteiger partial charge in [0.15, 0.2) is 6.29 Å². The highest BCUT2D eigenvalue weighted by Gasteiger charge is 2.17. The summed E-state index contributed by atoms with van der Waals surface area (Å²) in [6.45, 7) is 5.70. The Balaban J connectivity index is 2.40. The van der Waals surface area contributed by atoms with Gasteiger partial charge in [-0.25, -0.2) is 0 Å². The van der Waals surface area contributed by atoms with Crippen LogP contribution in [0, 0.1) is 0 Å². The molecule has 1 N–H and O–H groups in total. The Labute approximate surface area is 130 Å². The Kier molecular flexibility index (Phi) is 10.8. The van der Waals surface area contributed by atoms with Crippen molar-refractivity contribution in [3.63, 3.8) is 0 Å². The lowest BCUT2D eigenvalue weighted by molar-refractivity contribution is -0.158. The van der Waals surface area contributed by atoms with Crippen LogP contribution in [0.25, 0.3) is 0 Å². The van der Waals surface area contributed by atoms with E-state index in [1.165, 1.54) is 32.1 Å². The summed E-state index contributed by atoms with van der Waals surface area (Å²) in [5, 5.41) is 10.4. The smallest absolute Gasteiger partial charge is 0.158 e. The summed E-state index contributed by atoms with van der Waals surface area (Å²) in [5.74, 6) is 0. The molecule has 124 valence electrons. The SMILES string of the molecule is CCCC/C=C(\COC1CCCCO1)C(O)CCCCC. The average molecular weight is 298 g/mol. The van der Waals surface area contributed by atoms with Crippen molar-refractivity contribution in [2.45, 2.75) is 90.4 Å². The van der Waals surface area contributed by atoms with Crippen molar-refractivity contribution in [1.29, 1.82) is 0 Å². The zero-order valence-electron chi connectivity index (χ0n) is 14.0. The number of ether oxygens (including phenoxy) is 2. The Morgan fingerprint density at radius 3 is 2.71 bits per heavy atom. The van der Waals surface area contributed by atoms with E-state index in [-0.39, 0.29) is 12.4 Å². The minimum atomic E-state index is -0.350. The quantitative estimate of drug-likeness (QED) is 0.448. The van der Waals surface area contributed by atoms with Crippen molar-refractivity contribution in [2.75, 3.05) is 13.2 Å². The summed E-state index contributed by atoms with van der Waals surface area (Å²) in [6, 6.07) is 0. The molecule has 0 aliphatic carbocycles. The fraction of sp³-hybridized carbons (Fsp3) is 0.889.